The summed E-state index contributed by atoms with van der Waals surface area (Å²) in [6.07, 6.45) is 5.94. The molecule has 1 aliphatic rings. The van der Waals surface area contributed by atoms with Crippen LogP contribution in [0, 0.1) is 20.8 Å². The van der Waals surface area contributed by atoms with Gasteiger partial charge in [-0.05, 0) is 65.3 Å². The molecule has 2 N–H and O–H groups in total. The molecule has 1 aliphatic heterocycles. The van der Waals surface area contributed by atoms with Crippen molar-refractivity contribution in [1.82, 2.24) is 15.7 Å². The average Bonchev–Trinajstić information content (AvgIpc) is 2.84. The Bertz CT molecular complexity index is 693. The molecule has 2 aromatic carbocycles. The largest absolute Gasteiger partial charge is 0.494 e. The van der Waals surface area contributed by atoms with Crippen molar-refractivity contribution in [3.8, 4) is 5.75 Å². The monoisotopic (exact) mass is 457 g/mol. The van der Waals surface area contributed by atoms with Crippen LogP contribution in [0.5, 0.6) is 5.75 Å². The highest BCUT2D eigenvalue weighted by Crippen LogP contribution is 2.12. The number of rotatable bonds is 10. The van der Waals surface area contributed by atoms with Gasteiger partial charge in [0.1, 0.15) is 5.75 Å². The van der Waals surface area contributed by atoms with Crippen molar-refractivity contribution >= 4 is 6.41 Å². The quantitative estimate of drug-likeness (QED) is 0.314. The number of hydrogen-bond donors (Lipinski definition) is 2. The van der Waals surface area contributed by atoms with Gasteiger partial charge in [0, 0.05) is 19.6 Å². The number of likely N-dealkylation sites (tertiary alicyclic amines) is 1. The number of piperidine rings is 1. The maximum Gasteiger partial charge on any atom is 0.207 e. The normalized spacial score (nSPS) is 13.1. The van der Waals surface area contributed by atoms with E-state index in [1.54, 1.807) is 0 Å². The Labute approximate surface area is 200 Å². The summed E-state index contributed by atoms with van der Waals surface area (Å²) in [7, 11) is 1.53. The molecule has 33 heavy (non-hydrogen) atoms. The van der Waals surface area contributed by atoms with Crippen LogP contribution in [0.25, 0.3) is 0 Å². The van der Waals surface area contributed by atoms with Gasteiger partial charge in [0.05, 0.1) is 13.7 Å². The van der Waals surface area contributed by atoms with E-state index in [1.807, 2.05) is 0 Å². The van der Waals surface area contributed by atoms with E-state index in [2.05, 4.69) is 89.8 Å². The molecule has 6 heteroatoms. The van der Waals surface area contributed by atoms with Crippen LogP contribution < -0.4 is 15.5 Å². The molecule has 1 heterocycles. The Morgan fingerprint density at radius 2 is 1.39 bits per heavy atom. The van der Waals surface area contributed by atoms with Crippen LogP contribution in [0.4, 0.5) is 0 Å². The van der Waals surface area contributed by atoms with Gasteiger partial charge in [-0.15, -0.1) is 0 Å². The summed E-state index contributed by atoms with van der Waals surface area (Å²) in [5, 5.41) is 2.46. The van der Waals surface area contributed by atoms with E-state index in [9.17, 15) is 4.79 Å². The molecule has 0 unspecified atom stereocenters. The van der Waals surface area contributed by atoms with Crippen LogP contribution in [0.1, 0.15) is 42.4 Å². The smallest absolute Gasteiger partial charge is 0.207 e. The van der Waals surface area contributed by atoms with Crippen molar-refractivity contribution in [3.63, 3.8) is 0 Å². The van der Waals surface area contributed by atoms with Crippen molar-refractivity contribution in [3.05, 3.63) is 65.2 Å². The number of hydrogen-bond acceptors (Lipinski definition) is 5. The van der Waals surface area contributed by atoms with Crippen molar-refractivity contribution in [2.45, 2.75) is 46.5 Å². The molecular weight excluding hydrogens is 414 g/mol. The molecule has 0 radical (unpaired) electrons. The number of nitrogens with one attached hydrogen (secondary N) is 2. The van der Waals surface area contributed by atoms with E-state index in [4.69, 9.17) is 4.74 Å². The third-order valence-corrected chi connectivity index (χ3v) is 5.17. The molecule has 0 bridgehead atoms. The first-order valence-electron chi connectivity index (χ1n) is 11.9. The maximum atomic E-state index is 9.59. The number of carbonyl (C=O) groups excluding carboxylic acids is 1. The van der Waals surface area contributed by atoms with Crippen LogP contribution >= 0.6 is 0 Å². The highest BCUT2D eigenvalue weighted by molar-refractivity contribution is 5.45. The van der Waals surface area contributed by atoms with Gasteiger partial charge in [-0.25, -0.2) is 5.48 Å². The Morgan fingerprint density at radius 1 is 0.848 bits per heavy atom. The van der Waals surface area contributed by atoms with Gasteiger partial charge in [0.2, 0.25) is 6.41 Å². The van der Waals surface area contributed by atoms with Crippen molar-refractivity contribution in [2.75, 3.05) is 46.4 Å². The number of carbonyl (C=O) groups is 1. The molecule has 184 valence electrons. The Hall–Kier alpha value is -2.41. The number of aryl methyl sites for hydroxylation is 3. The molecule has 2 aromatic rings. The minimum Gasteiger partial charge on any atom is -0.494 e. The van der Waals surface area contributed by atoms with Crippen molar-refractivity contribution in [1.29, 1.82) is 0 Å². The summed E-state index contributed by atoms with van der Waals surface area (Å²) in [4.78, 5) is 16.6. The topological polar surface area (TPSA) is 62.8 Å². The van der Waals surface area contributed by atoms with Gasteiger partial charge >= 0.3 is 0 Å². The van der Waals surface area contributed by atoms with Gasteiger partial charge < -0.3 is 19.8 Å². The van der Waals surface area contributed by atoms with Gasteiger partial charge in [-0.2, -0.15) is 0 Å². The van der Waals surface area contributed by atoms with Crippen molar-refractivity contribution < 1.29 is 14.4 Å². The number of nitrogens with zero attached hydrogens (tertiary/aromatic N) is 1. The molecule has 3 rings (SSSR count). The number of hydroxylamine groups is 1. The Morgan fingerprint density at radius 3 is 1.91 bits per heavy atom. The van der Waals surface area contributed by atoms with E-state index < -0.39 is 0 Å². The second kappa shape index (κ2) is 19.1. The number of ether oxygens (including phenoxy) is 1. The van der Waals surface area contributed by atoms with Crippen LogP contribution in [0.15, 0.2) is 48.5 Å². The lowest BCUT2D eigenvalue weighted by Crippen LogP contribution is -2.31. The first-order chi connectivity index (χ1) is 16.0. The summed E-state index contributed by atoms with van der Waals surface area (Å²) in [6, 6.07) is 16.8. The van der Waals surface area contributed by atoms with E-state index in [1.165, 1.54) is 62.7 Å². The van der Waals surface area contributed by atoms with Crippen LogP contribution in [0.2, 0.25) is 0 Å². The fraction of sp³-hybridized carbons (Fsp3) is 0.519. The predicted octanol–water partition coefficient (Wildman–Crippen LogP) is 4.44. The van der Waals surface area contributed by atoms with Crippen LogP contribution in [0.3, 0.4) is 0 Å². The lowest BCUT2D eigenvalue weighted by molar-refractivity contribution is -0.109. The highest BCUT2D eigenvalue weighted by Gasteiger charge is 2.08. The summed E-state index contributed by atoms with van der Waals surface area (Å²) in [5.41, 5.74) is 6.50. The van der Waals surface area contributed by atoms with Gasteiger partial charge in [-0.3, -0.25) is 4.79 Å². The minimum atomic E-state index is 0.595. The van der Waals surface area contributed by atoms with E-state index in [0.29, 0.717) is 19.5 Å². The lowest BCUT2D eigenvalue weighted by Gasteiger charge is -2.26. The zero-order valence-electron chi connectivity index (χ0n) is 20.9. The number of benzene rings is 2. The molecule has 0 saturated carbocycles. The van der Waals surface area contributed by atoms with E-state index >= 15 is 0 Å². The van der Waals surface area contributed by atoms with Crippen molar-refractivity contribution in [2.24, 2.45) is 0 Å². The highest BCUT2D eigenvalue weighted by atomic mass is 16.6. The van der Waals surface area contributed by atoms with Crippen LogP contribution in [-0.4, -0.2) is 57.8 Å². The third-order valence-electron chi connectivity index (χ3n) is 5.17. The Kier molecular flexibility index (Phi) is 16.6. The summed E-state index contributed by atoms with van der Waals surface area (Å²) in [5.74, 6) is 0.995. The second-order valence-electron chi connectivity index (χ2n) is 8.24. The van der Waals surface area contributed by atoms with Gasteiger partial charge in [0.25, 0.3) is 0 Å². The molecule has 1 fully saturated rings. The zero-order chi connectivity index (χ0) is 24.2. The molecule has 1 saturated heterocycles. The second-order valence-corrected chi connectivity index (χ2v) is 8.24. The Balaban J connectivity index is 0.000000285. The molecule has 0 atom stereocenters. The SMILES string of the molecule is CONCCNC=O.Cc1ccc(C)cc1.Cc1ccc(OCCCN2CCCCC2)cc1. The summed E-state index contributed by atoms with van der Waals surface area (Å²) < 4.78 is 5.73. The van der Waals surface area contributed by atoms with E-state index in [0.717, 1.165) is 18.8 Å². The predicted molar refractivity (Wildman–Crippen MR) is 137 cm³/mol. The first kappa shape index (κ1) is 28.6. The third kappa shape index (κ3) is 15.9. The standard InChI is InChI=1S/C15H23NO.C8H10.C4H10N2O2/c1-14-6-8-15(9-7-14)17-13-5-12-16-10-3-2-4-11-16;1-7-3-5-8(2)6-4-7;1-8-6-3-2-5-4-7/h6-9H,2-5,10-13H2,1H3;3-6H,1-2H3;4,6H,2-3H2,1H3,(H,5,7). The average molecular weight is 458 g/mol. The molecule has 0 spiro atoms. The van der Waals surface area contributed by atoms with E-state index in [-0.39, 0.29) is 0 Å². The fourth-order valence-electron chi connectivity index (χ4n) is 3.22. The molecule has 6 nitrogen and oxygen atoms in total. The molecule has 0 aliphatic carbocycles. The summed E-state index contributed by atoms with van der Waals surface area (Å²) in [6.45, 7) is 12.1. The molecular formula is C27H43N3O3. The molecule has 0 aromatic heterocycles. The van der Waals surface area contributed by atoms with Crippen LogP contribution in [-0.2, 0) is 9.63 Å². The van der Waals surface area contributed by atoms with Gasteiger partial charge in [-0.1, -0.05) is 59.5 Å². The van der Waals surface area contributed by atoms with Gasteiger partial charge in [0.15, 0.2) is 0 Å². The zero-order valence-corrected chi connectivity index (χ0v) is 20.9. The summed E-state index contributed by atoms with van der Waals surface area (Å²) >= 11 is 0. The lowest BCUT2D eigenvalue weighted by atomic mass is 10.1. The minimum absolute atomic E-state index is 0.595. The maximum absolute atomic E-state index is 9.59. The molecule has 1 amide bonds. The first-order valence-corrected chi connectivity index (χ1v) is 11.9. The number of amides is 1. The fourth-order valence-corrected chi connectivity index (χ4v) is 3.22.